The third-order valence-corrected chi connectivity index (χ3v) is 3.02. The van der Waals surface area contributed by atoms with E-state index in [9.17, 15) is 18.2 Å². The van der Waals surface area contributed by atoms with Crippen molar-refractivity contribution in [2.75, 3.05) is 12.0 Å². The van der Waals surface area contributed by atoms with E-state index >= 15 is 0 Å². The summed E-state index contributed by atoms with van der Waals surface area (Å²) < 4.78 is 24.5. The lowest BCUT2D eigenvalue weighted by atomic mass is 10.4. The SMILES string of the molecule is CS(=O)CCCn1c(=O)[nH]c(Cl)c(F)c1=O. The zero-order chi connectivity index (χ0) is 12.3. The molecule has 5 nitrogen and oxygen atoms in total. The minimum atomic E-state index is -1.18. The highest BCUT2D eigenvalue weighted by Crippen LogP contribution is 2.02. The van der Waals surface area contributed by atoms with E-state index in [1.165, 1.54) is 6.26 Å². The van der Waals surface area contributed by atoms with Gasteiger partial charge in [0.15, 0.2) is 5.15 Å². The molecule has 0 bridgehead atoms. The molecule has 0 aromatic carbocycles. The van der Waals surface area contributed by atoms with E-state index in [2.05, 4.69) is 0 Å². The van der Waals surface area contributed by atoms with Crippen molar-refractivity contribution in [2.24, 2.45) is 0 Å². The van der Waals surface area contributed by atoms with Crippen LogP contribution in [0.15, 0.2) is 9.59 Å². The minimum Gasteiger partial charge on any atom is -0.295 e. The molecule has 0 radical (unpaired) electrons. The maximum absolute atomic E-state index is 13.1. The molecule has 1 N–H and O–H groups in total. The fourth-order valence-corrected chi connectivity index (χ4v) is 1.85. The van der Waals surface area contributed by atoms with Gasteiger partial charge in [-0.25, -0.2) is 4.79 Å². The van der Waals surface area contributed by atoms with Crippen molar-refractivity contribution in [3.63, 3.8) is 0 Å². The third kappa shape index (κ3) is 3.02. The van der Waals surface area contributed by atoms with Crippen LogP contribution in [0, 0.1) is 5.82 Å². The van der Waals surface area contributed by atoms with Crippen LogP contribution in [0.5, 0.6) is 0 Å². The predicted octanol–water partition coefficient (Wildman–Crippen LogP) is 0.0977. The fourth-order valence-electron chi connectivity index (χ4n) is 1.15. The van der Waals surface area contributed by atoms with Crippen LogP contribution in [0.2, 0.25) is 5.15 Å². The summed E-state index contributed by atoms with van der Waals surface area (Å²) in [5.41, 5.74) is -1.83. The Morgan fingerprint density at radius 2 is 2.12 bits per heavy atom. The van der Waals surface area contributed by atoms with Crippen LogP contribution in [0.25, 0.3) is 0 Å². The number of rotatable bonds is 4. The molecule has 0 aliphatic carbocycles. The second kappa shape index (κ2) is 5.40. The van der Waals surface area contributed by atoms with Crippen molar-refractivity contribution in [3.8, 4) is 0 Å². The number of halogens is 2. The molecule has 0 aliphatic heterocycles. The van der Waals surface area contributed by atoms with Gasteiger partial charge in [-0.1, -0.05) is 11.6 Å². The van der Waals surface area contributed by atoms with Gasteiger partial charge >= 0.3 is 5.69 Å². The lowest BCUT2D eigenvalue weighted by molar-refractivity contribution is 0.535. The van der Waals surface area contributed by atoms with Gasteiger partial charge in [0.2, 0.25) is 5.82 Å². The van der Waals surface area contributed by atoms with E-state index in [0.717, 1.165) is 0 Å². The maximum atomic E-state index is 13.1. The summed E-state index contributed by atoms with van der Waals surface area (Å²) in [6.07, 6.45) is 1.86. The zero-order valence-corrected chi connectivity index (χ0v) is 10.0. The van der Waals surface area contributed by atoms with E-state index in [0.29, 0.717) is 16.7 Å². The molecule has 1 aromatic heterocycles. The van der Waals surface area contributed by atoms with Crippen LogP contribution < -0.4 is 11.2 Å². The minimum absolute atomic E-state index is 0.0157. The van der Waals surface area contributed by atoms with Crippen molar-refractivity contribution in [1.29, 1.82) is 0 Å². The maximum Gasteiger partial charge on any atom is 0.329 e. The van der Waals surface area contributed by atoms with Crippen LogP contribution in [0.4, 0.5) is 4.39 Å². The van der Waals surface area contributed by atoms with E-state index in [1.807, 2.05) is 4.98 Å². The van der Waals surface area contributed by atoms with Gasteiger partial charge in [0, 0.05) is 29.4 Å². The highest BCUT2D eigenvalue weighted by Gasteiger charge is 2.11. The van der Waals surface area contributed by atoms with E-state index < -0.39 is 33.0 Å². The van der Waals surface area contributed by atoms with Gasteiger partial charge in [0.1, 0.15) is 0 Å². The number of nitrogens with zero attached hydrogens (tertiary/aromatic N) is 1. The number of nitrogens with one attached hydrogen (secondary N) is 1. The number of aromatic nitrogens is 2. The lowest BCUT2D eigenvalue weighted by Gasteiger charge is -2.04. The molecule has 16 heavy (non-hydrogen) atoms. The van der Waals surface area contributed by atoms with Gasteiger partial charge in [-0.15, -0.1) is 0 Å². The largest absolute Gasteiger partial charge is 0.329 e. The van der Waals surface area contributed by atoms with Gasteiger partial charge in [-0.2, -0.15) is 4.39 Å². The zero-order valence-electron chi connectivity index (χ0n) is 8.46. The molecule has 0 amide bonds. The molecule has 1 heterocycles. The number of aromatic amines is 1. The molecular weight excluding hydrogens is 259 g/mol. The monoisotopic (exact) mass is 268 g/mol. The molecule has 8 heteroatoms. The van der Waals surface area contributed by atoms with Gasteiger partial charge < -0.3 is 0 Å². The predicted molar refractivity (Wildman–Crippen MR) is 59.8 cm³/mol. The molecule has 0 saturated carbocycles. The molecule has 0 saturated heterocycles. The molecule has 90 valence electrons. The van der Waals surface area contributed by atoms with E-state index in [1.54, 1.807) is 0 Å². The van der Waals surface area contributed by atoms with Crippen molar-refractivity contribution in [3.05, 3.63) is 31.8 Å². The van der Waals surface area contributed by atoms with E-state index in [4.69, 9.17) is 11.6 Å². The van der Waals surface area contributed by atoms with Crippen LogP contribution in [-0.4, -0.2) is 25.8 Å². The summed E-state index contributed by atoms with van der Waals surface area (Å²) in [6.45, 7) is 0.0157. The first-order chi connectivity index (χ1) is 7.43. The second-order valence-electron chi connectivity index (χ2n) is 3.15. The molecule has 0 fully saturated rings. The van der Waals surface area contributed by atoms with Crippen LogP contribution >= 0.6 is 11.6 Å². The smallest absolute Gasteiger partial charge is 0.295 e. The summed E-state index contributed by atoms with van der Waals surface area (Å²) in [6, 6.07) is 0. The normalized spacial score (nSPS) is 12.7. The summed E-state index contributed by atoms with van der Waals surface area (Å²) in [7, 11) is -1.01. The Hall–Kier alpha value is -0.950. The molecule has 1 atom stereocenters. The Labute approximate surface area is 97.7 Å². The standard InChI is InChI=1S/C8H10ClFN2O3S/c1-16(15)4-2-3-12-7(13)5(10)6(9)11-8(12)14/h2-4H2,1H3,(H,11,14). The Morgan fingerprint density at radius 1 is 1.50 bits per heavy atom. The Balaban J connectivity index is 2.97. The second-order valence-corrected chi connectivity index (χ2v) is 5.08. The lowest BCUT2D eigenvalue weighted by Crippen LogP contribution is -2.37. The fraction of sp³-hybridized carbons (Fsp3) is 0.500. The first-order valence-corrected chi connectivity index (χ1v) is 6.52. The molecule has 1 rings (SSSR count). The summed E-state index contributed by atoms with van der Waals surface area (Å²) >= 11 is 5.28. The van der Waals surface area contributed by atoms with Gasteiger partial charge in [0.05, 0.1) is 0 Å². The molecule has 1 unspecified atom stereocenters. The summed E-state index contributed by atoms with van der Waals surface area (Å²) in [4.78, 5) is 24.6. The topological polar surface area (TPSA) is 71.9 Å². The first kappa shape index (κ1) is 13.1. The first-order valence-electron chi connectivity index (χ1n) is 4.41. The van der Waals surface area contributed by atoms with Crippen molar-refractivity contribution >= 4 is 22.4 Å². The summed E-state index contributed by atoms with van der Waals surface area (Å²) in [5, 5.41) is -0.592. The van der Waals surface area contributed by atoms with Crippen LogP contribution in [0.1, 0.15) is 6.42 Å². The highest BCUT2D eigenvalue weighted by molar-refractivity contribution is 7.84. The summed E-state index contributed by atoms with van der Waals surface area (Å²) in [5.74, 6) is -0.838. The van der Waals surface area contributed by atoms with Gasteiger partial charge in [0.25, 0.3) is 5.56 Å². The number of H-pyrrole nitrogens is 1. The highest BCUT2D eigenvalue weighted by atomic mass is 35.5. The quantitative estimate of drug-likeness (QED) is 0.787. The Kier molecular flexibility index (Phi) is 4.43. The molecule has 0 spiro atoms. The van der Waals surface area contributed by atoms with Crippen LogP contribution in [0.3, 0.4) is 0 Å². The van der Waals surface area contributed by atoms with Gasteiger partial charge in [-0.3, -0.25) is 18.6 Å². The van der Waals surface area contributed by atoms with Crippen molar-refractivity contribution < 1.29 is 8.60 Å². The average Bonchev–Trinajstić information content (AvgIpc) is 2.19. The Morgan fingerprint density at radius 3 is 2.69 bits per heavy atom. The third-order valence-electron chi connectivity index (χ3n) is 1.90. The van der Waals surface area contributed by atoms with Crippen molar-refractivity contribution in [2.45, 2.75) is 13.0 Å². The molecule has 0 aliphatic rings. The van der Waals surface area contributed by atoms with Gasteiger partial charge in [-0.05, 0) is 6.42 Å². The number of hydrogen-bond acceptors (Lipinski definition) is 3. The molecule has 1 aromatic rings. The van der Waals surface area contributed by atoms with Crippen molar-refractivity contribution in [1.82, 2.24) is 9.55 Å². The molecular formula is C8H10ClFN2O3S. The number of hydrogen-bond donors (Lipinski definition) is 1. The van der Waals surface area contributed by atoms with Crippen LogP contribution in [-0.2, 0) is 17.3 Å². The Bertz CT molecular complexity index is 525. The average molecular weight is 269 g/mol. The van der Waals surface area contributed by atoms with E-state index in [-0.39, 0.29) is 6.54 Å².